The molecule has 0 bridgehead atoms. The number of halogens is 1. The van der Waals surface area contributed by atoms with E-state index in [0.717, 1.165) is 27.0 Å². The Labute approximate surface area is 160 Å². The number of carbonyl (C=O) groups is 1. The van der Waals surface area contributed by atoms with Crippen molar-refractivity contribution in [2.75, 3.05) is 6.54 Å². The van der Waals surface area contributed by atoms with E-state index in [1.807, 2.05) is 47.8 Å². The van der Waals surface area contributed by atoms with Crippen molar-refractivity contribution < 1.29 is 9.18 Å². The van der Waals surface area contributed by atoms with Gasteiger partial charge in [-0.1, -0.05) is 36.4 Å². The maximum Gasteiger partial charge on any atom is 0.251 e. The van der Waals surface area contributed by atoms with Crippen LogP contribution in [0.5, 0.6) is 0 Å². The molecule has 3 aromatic carbocycles. The topological polar surface area (TPSA) is 42.0 Å². The van der Waals surface area contributed by atoms with Crippen molar-refractivity contribution in [2.45, 2.75) is 6.42 Å². The molecule has 0 spiro atoms. The van der Waals surface area contributed by atoms with Gasteiger partial charge in [0, 0.05) is 29.5 Å². The molecule has 0 saturated heterocycles. The van der Waals surface area contributed by atoms with Crippen molar-refractivity contribution in [3.05, 3.63) is 89.2 Å². The van der Waals surface area contributed by atoms with Crippen LogP contribution in [0.2, 0.25) is 0 Å². The van der Waals surface area contributed by atoms with Crippen LogP contribution in [0.4, 0.5) is 4.39 Å². The van der Waals surface area contributed by atoms with Gasteiger partial charge in [-0.25, -0.2) is 9.37 Å². The van der Waals surface area contributed by atoms with E-state index in [0.29, 0.717) is 18.5 Å². The molecule has 0 aliphatic heterocycles. The first kappa shape index (κ1) is 17.4. The summed E-state index contributed by atoms with van der Waals surface area (Å²) in [4.78, 5) is 17.1. The average molecular weight is 376 g/mol. The van der Waals surface area contributed by atoms with Gasteiger partial charge in [-0.3, -0.25) is 4.79 Å². The maximum atomic E-state index is 13.0. The number of hydrogen-bond donors (Lipinski definition) is 1. The van der Waals surface area contributed by atoms with Gasteiger partial charge in [-0.15, -0.1) is 11.3 Å². The predicted octanol–water partition coefficient (Wildman–Crippen LogP) is 5.07. The smallest absolute Gasteiger partial charge is 0.251 e. The second kappa shape index (κ2) is 7.68. The molecule has 4 aromatic rings. The second-order valence-electron chi connectivity index (χ2n) is 6.18. The molecule has 0 saturated carbocycles. The summed E-state index contributed by atoms with van der Waals surface area (Å²) in [5, 5.41) is 7.80. The van der Waals surface area contributed by atoms with Crippen molar-refractivity contribution in [3.8, 4) is 10.6 Å². The molecule has 0 unspecified atom stereocenters. The molecule has 0 radical (unpaired) electrons. The van der Waals surface area contributed by atoms with Crippen LogP contribution in [0.1, 0.15) is 16.1 Å². The van der Waals surface area contributed by atoms with Gasteiger partial charge in [0.05, 0.1) is 5.69 Å². The van der Waals surface area contributed by atoms with E-state index in [-0.39, 0.29) is 11.7 Å². The lowest BCUT2D eigenvalue weighted by atomic mass is 10.0. The van der Waals surface area contributed by atoms with Crippen LogP contribution >= 0.6 is 11.3 Å². The molecule has 0 aliphatic rings. The van der Waals surface area contributed by atoms with Crippen molar-refractivity contribution in [3.63, 3.8) is 0 Å². The summed E-state index contributed by atoms with van der Waals surface area (Å²) in [7, 11) is 0. The molecule has 1 aromatic heterocycles. The van der Waals surface area contributed by atoms with Gasteiger partial charge in [0.1, 0.15) is 10.8 Å². The first-order valence-corrected chi connectivity index (χ1v) is 9.55. The monoisotopic (exact) mass is 376 g/mol. The van der Waals surface area contributed by atoms with Crippen molar-refractivity contribution in [2.24, 2.45) is 0 Å². The Bertz CT molecular complexity index is 1080. The first-order chi connectivity index (χ1) is 13.2. The van der Waals surface area contributed by atoms with E-state index in [9.17, 15) is 9.18 Å². The van der Waals surface area contributed by atoms with Crippen LogP contribution in [-0.2, 0) is 6.42 Å². The number of fused-ring (bicyclic) bond motifs is 1. The molecule has 4 rings (SSSR count). The van der Waals surface area contributed by atoms with E-state index in [1.54, 1.807) is 12.1 Å². The number of rotatable bonds is 5. The summed E-state index contributed by atoms with van der Waals surface area (Å²) >= 11 is 1.52. The molecule has 1 amide bonds. The lowest BCUT2D eigenvalue weighted by Crippen LogP contribution is -2.25. The van der Waals surface area contributed by atoms with Crippen molar-refractivity contribution in [1.29, 1.82) is 0 Å². The lowest BCUT2D eigenvalue weighted by molar-refractivity contribution is 0.0955. The van der Waals surface area contributed by atoms with Gasteiger partial charge in [0.25, 0.3) is 5.91 Å². The number of aromatic nitrogens is 1. The van der Waals surface area contributed by atoms with E-state index >= 15 is 0 Å². The minimum atomic E-state index is -0.258. The van der Waals surface area contributed by atoms with E-state index in [1.165, 1.54) is 23.5 Å². The fraction of sp³-hybridized carbons (Fsp3) is 0.0909. The standard InChI is InChI=1S/C22H17FN2OS/c23-17-10-8-16(9-11-17)22-25-18(14-27-22)12-13-24-21(26)20-7-3-5-15-4-1-2-6-19(15)20/h1-11,14H,12-13H2,(H,24,26). The van der Waals surface area contributed by atoms with Crippen LogP contribution in [0.3, 0.4) is 0 Å². The summed E-state index contributed by atoms with van der Waals surface area (Å²) in [6, 6.07) is 19.9. The maximum absolute atomic E-state index is 13.0. The molecule has 27 heavy (non-hydrogen) atoms. The van der Waals surface area contributed by atoms with Gasteiger partial charge in [0.2, 0.25) is 0 Å². The molecule has 0 atom stereocenters. The van der Waals surface area contributed by atoms with Crippen LogP contribution < -0.4 is 5.32 Å². The zero-order valence-corrected chi connectivity index (χ0v) is 15.3. The number of carbonyl (C=O) groups excluding carboxylic acids is 1. The van der Waals surface area contributed by atoms with E-state index in [2.05, 4.69) is 10.3 Å². The number of nitrogens with zero attached hydrogens (tertiary/aromatic N) is 1. The largest absolute Gasteiger partial charge is 0.352 e. The van der Waals surface area contributed by atoms with Gasteiger partial charge in [-0.05, 0) is 41.1 Å². The highest BCUT2D eigenvalue weighted by Crippen LogP contribution is 2.24. The summed E-state index contributed by atoms with van der Waals surface area (Å²) in [5.74, 6) is -0.340. The Balaban J connectivity index is 1.40. The molecular weight excluding hydrogens is 359 g/mol. The highest BCUT2D eigenvalue weighted by Gasteiger charge is 2.10. The lowest BCUT2D eigenvalue weighted by Gasteiger charge is -2.07. The molecule has 1 heterocycles. The van der Waals surface area contributed by atoms with Gasteiger partial charge in [0.15, 0.2) is 0 Å². The number of hydrogen-bond acceptors (Lipinski definition) is 3. The van der Waals surface area contributed by atoms with Crippen LogP contribution in [0, 0.1) is 5.82 Å². The number of amides is 1. The Hall–Kier alpha value is -3.05. The van der Waals surface area contributed by atoms with E-state index in [4.69, 9.17) is 0 Å². The molecular formula is C22H17FN2OS. The number of thiazole rings is 1. The number of nitrogens with one attached hydrogen (secondary N) is 1. The first-order valence-electron chi connectivity index (χ1n) is 8.67. The Morgan fingerprint density at radius 3 is 2.63 bits per heavy atom. The highest BCUT2D eigenvalue weighted by atomic mass is 32.1. The SMILES string of the molecule is O=C(NCCc1csc(-c2ccc(F)cc2)n1)c1cccc2ccccc12. The van der Waals surface area contributed by atoms with Gasteiger partial charge in [-0.2, -0.15) is 0 Å². The molecule has 1 N–H and O–H groups in total. The summed E-state index contributed by atoms with van der Waals surface area (Å²) in [5.41, 5.74) is 2.49. The minimum Gasteiger partial charge on any atom is -0.352 e. The van der Waals surface area contributed by atoms with Crippen LogP contribution in [-0.4, -0.2) is 17.4 Å². The molecule has 5 heteroatoms. The van der Waals surface area contributed by atoms with Gasteiger partial charge >= 0.3 is 0 Å². The van der Waals surface area contributed by atoms with Crippen molar-refractivity contribution in [1.82, 2.24) is 10.3 Å². The van der Waals surface area contributed by atoms with Crippen LogP contribution in [0.25, 0.3) is 21.3 Å². The molecule has 134 valence electrons. The van der Waals surface area contributed by atoms with E-state index < -0.39 is 0 Å². The Morgan fingerprint density at radius 2 is 1.78 bits per heavy atom. The van der Waals surface area contributed by atoms with Gasteiger partial charge < -0.3 is 5.32 Å². The predicted molar refractivity (Wildman–Crippen MR) is 107 cm³/mol. The number of benzene rings is 3. The second-order valence-corrected chi connectivity index (χ2v) is 7.04. The fourth-order valence-electron chi connectivity index (χ4n) is 2.97. The zero-order chi connectivity index (χ0) is 18.6. The summed E-state index contributed by atoms with van der Waals surface area (Å²) < 4.78 is 13.0. The molecule has 0 aliphatic carbocycles. The Morgan fingerprint density at radius 1 is 1.00 bits per heavy atom. The highest BCUT2D eigenvalue weighted by molar-refractivity contribution is 7.13. The quantitative estimate of drug-likeness (QED) is 0.528. The molecule has 3 nitrogen and oxygen atoms in total. The summed E-state index contributed by atoms with van der Waals surface area (Å²) in [6.45, 7) is 0.509. The minimum absolute atomic E-state index is 0.0826. The molecule has 0 fully saturated rings. The van der Waals surface area contributed by atoms with Crippen LogP contribution in [0.15, 0.2) is 72.1 Å². The van der Waals surface area contributed by atoms with Crippen molar-refractivity contribution >= 4 is 28.0 Å². The summed E-state index contributed by atoms with van der Waals surface area (Å²) in [6.07, 6.45) is 0.647. The Kier molecular flexibility index (Phi) is 4.94. The third kappa shape index (κ3) is 3.88. The third-order valence-corrected chi connectivity index (χ3v) is 5.28. The fourth-order valence-corrected chi connectivity index (χ4v) is 3.83. The average Bonchev–Trinajstić information content (AvgIpc) is 3.17. The third-order valence-electron chi connectivity index (χ3n) is 4.34. The zero-order valence-electron chi connectivity index (χ0n) is 14.5. The normalized spacial score (nSPS) is 10.9.